The molecule has 130 valence electrons. The van der Waals surface area contributed by atoms with Gasteiger partial charge in [0, 0.05) is 19.2 Å². The highest BCUT2D eigenvalue weighted by Gasteiger charge is 2.56. The number of phenolic OH excluding ortho intramolecular Hbond substituents is 1. The first-order chi connectivity index (χ1) is 11.8. The van der Waals surface area contributed by atoms with Gasteiger partial charge in [-0.1, -0.05) is 6.07 Å². The smallest absolute Gasteiger partial charge is 0.240 e. The number of carbonyl (C=O) groups is 2. The molecule has 2 aromatic rings. The van der Waals surface area contributed by atoms with Gasteiger partial charge in [0.05, 0.1) is 0 Å². The summed E-state index contributed by atoms with van der Waals surface area (Å²) in [5.74, 6) is -2.31. The molecule has 3 rings (SSSR count). The maximum atomic E-state index is 13.4. The average Bonchev–Trinajstić information content (AvgIpc) is 3.39. The van der Waals surface area contributed by atoms with E-state index >= 15 is 0 Å². The molecule has 0 heterocycles. The van der Waals surface area contributed by atoms with E-state index in [1.54, 1.807) is 7.05 Å². The molecule has 6 heteroatoms. The number of carbonyl (C=O) groups excluding carboxylic acids is 2. The van der Waals surface area contributed by atoms with Gasteiger partial charge in [0.25, 0.3) is 0 Å². The van der Waals surface area contributed by atoms with E-state index in [0.717, 1.165) is 6.07 Å². The molecule has 0 unspecified atom stereocenters. The van der Waals surface area contributed by atoms with Crippen molar-refractivity contribution in [2.24, 2.45) is 5.41 Å². The Morgan fingerprint density at radius 2 is 1.76 bits per heavy atom. The Morgan fingerprint density at radius 1 is 1.12 bits per heavy atom. The molecular formula is C19H17F2NO3. The van der Waals surface area contributed by atoms with E-state index in [0.29, 0.717) is 24.1 Å². The van der Waals surface area contributed by atoms with Crippen molar-refractivity contribution in [3.63, 3.8) is 0 Å². The van der Waals surface area contributed by atoms with E-state index < -0.39 is 22.8 Å². The minimum absolute atomic E-state index is 0.0831. The quantitative estimate of drug-likeness (QED) is 0.847. The predicted molar refractivity (Wildman–Crippen MR) is 88.3 cm³/mol. The van der Waals surface area contributed by atoms with Gasteiger partial charge in [0.15, 0.2) is 17.3 Å². The minimum Gasteiger partial charge on any atom is -0.505 e. The second-order valence-corrected chi connectivity index (χ2v) is 6.31. The van der Waals surface area contributed by atoms with Gasteiger partial charge in [-0.15, -0.1) is 0 Å². The average molecular weight is 345 g/mol. The zero-order chi connectivity index (χ0) is 18.2. The number of nitrogens with zero attached hydrogens (tertiary/aromatic N) is 1. The largest absolute Gasteiger partial charge is 0.505 e. The van der Waals surface area contributed by atoms with Crippen LogP contribution in [0.3, 0.4) is 0 Å². The summed E-state index contributed by atoms with van der Waals surface area (Å²) in [6.07, 6.45) is 0.799. The van der Waals surface area contributed by atoms with E-state index in [1.807, 2.05) is 0 Å². The summed E-state index contributed by atoms with van der Waals surface area (Å²) in [4.78, 5) is 26.7. The molecule has 0 aliphatic heterocycles. The third-order valence-corrected chi connectivity index (χ3v) is 4.59. The monoisotopic (exact) mass is 345 g/mol. The molecule has 1 saturated carbocycles. The van der Waals surface area contributed by atoms with Crippen LogP contribution in [0.4, 0.5) is 14.5 Å². The van der Waals surface area contributed by atoms with Gasteiger partial charge in [-0.05, 0) is 54.8 Å². The van der Waals surface area contributed by atoms with Crippen molar-refractivity contribution in [3.05, 3.63) is 59.7 Å². The lowest BCUT2D eigenvalue weighted by molar-refractivity contribution is -0.133. The molecule has 1 N–H and O–H groups in total. The highest BCUT2D eigenvalue weighted by molar-refractivity contribution is 6.15. The van der Waals surface area contributed by atoms with Crippen LogP contribution in [0, 0.1) is 17.0 Å². The lowest BCUT2D eigenvalue weighted by Crippen LogP contribution is -2.39. The number of rotatable bonds is 5. The number of phenols is 1. The van der Waals surface area contributed by atoms with E-state index in [1.165, 1.54) is 41.3 Å². The van der Waals surface area contributed by atoms with Crippen LogP contribution >= 0.6 is 0 Å². The molecule has 0 bridgehead atoms. The second kappa shape index (κ2) is 6.27. The zero-order valence-electron chi connectivity index (χ0n) is 13.6. The van der Waals surface area contributed by atoms with Crippen molar-refractivity contribution in [2.45, 2.75) is 19.3 Å². The van der Waals surface area contributed by atoms with Crippen LogP contribution in [0.25, 0.3) is 0 Å². The summed E-state index contributed by atoms with van der Waals surface area (Å²) >= 11 is 0. The zero-order valence-corrected chi connectivity index (χ0v) is 13.6. The van der Waals surface area contributed by atoms with Gasteiger partial charge in [-0.25, -0.2) is 8.78 Å². The van der Waals surface area contributed by atoms with Gasteiger partial charge in [0.2, 0.25) is 5.91 Å². The lowest BCUT2D eigenvalue weighted by Gasteiger charge is -2.23. The first kappa shape index (κ1) is 17.1. The Labute approximate surface area is 143 Å². The summed E-state index contributed by atoms with van der Waals surface area (Å²) in [5, 5.41) is 9.21. The van der Waals surface area contributed by atoms with Gasteiger partial charge >= 0.3 is 0 Å². The third-order valence-electron chi connectivity index (χ3n) is 4.59. The highest BCUT2D eigenvalue weighted by Crippen LogP contribution is 2.49. The number of aromatic hydroxyl groups is 1. The number of hydrogen-bond donors (Lipinski definition) is 1. The molecule has 25 heavy (non-hydrogen) atoms. The normalized spacial score (nSPS) is 14.8. The Morgan fingerprint density at radius 3 is 2.32 bits per heavy atom. The first-order valence-electron chi connectivity index (χ1n) is 7.88. The van der Waals surface area contributed by atoms with Crippen molar-refractivity contribution in [1.82, 2.24) is 0 Å². The van der Waals surface area contributed by atoms with E-state index in [2.05, 4.69) is 0 Å². The number of benzene rings is 2. The number of amides is 1. The molecule has 2 aromatic carbocycles. The fourth-order valence-corrected chi connectivity index (χ4v) is 2.85. The van der Waals surface area contributed by atoms with Gasteiger partial charge in [-0.2, -0.15) is 0 Å². The predicted octanol–water partition coefficient (Wildman–Crippen LogP) is 3.23. The Balaban J connectivity index is 1.76. The van der Waals surface area contributed by atoms with Crippen LogP contribution in [0.5, 0.6) is 5.75 Å². The lowest BCUT2D eigenvalue weighted by atomic mass is 9.93. The fraction of sp³-hybridized carbons (Fsp3) is 0.263. The first-order valence-corrected chi connectivity index (χ1v) is 7.88. The fourth-order valence-electron chi connectivity index (χ4n) is 2.85. The molecular weight excluding hydrogens is 328 g/mol. The molecule has 1 amide bonds. The summed E-state index contributed by atoms with van der Waals surface area (Å²) in [7, 11) is 1.54. The van der Waals surface area contributed by atoms with Crippen molar-refractivity contribution >= 4 is 17.4 Å². The van der Waals surface area contributed by atoms with Crippen molar-refractivity contribution in [1.29, 1.82) is 0 Å². The maximum Gasteiger partial charge on any atom is 0.240 e. The van der Waals surface area contributed by atoms with Crippen molar-refractivity contribution in [2.75, 3.05) is 11.9 Å². The van der Waals surface area contributed by atoms with Crippen molar-refractivity contribution in [3.8, 4) is 5.75 Å². The third kappa shape index (κ3) is 3.24. The second-order valence-electron chi connectivity index (χ2n) is 6.31. The standard InChI is InChI=1S/C19H17F2NO3/c1-22(14-5-3-13(20)4-6-14)18(25)19(8-9-19)17(24)11-12-2-7-16(23)15(21)10-12/h2-7,10,23H,8-9,11H2,1H3. The number of halogens is 2. The number of ketones is 1. The Bertz CT molecular complexity index is 829. The topological polar surface area (TPSA) is 57.6 Å². The molecule has 1 aliphatic rings. The maximum absolute atomic E-state index is 13.4. The molecule has 1 aliphatic carbocycles. The number of anilines is 1. The molecule has 0 spiro atoms. The molecule has 0 aromatic heterocycles. The van der Waals surface area contributed by atoms with E-state index in [-0.39, 0.29) is 18.1 Å². The number of Topliss-reactive ketones (excluding diaryl/α,β-unsaturated/α-hetero) is 1. The summed E-state index contributed by atoms with van der Waals surface area (Å²) in [6, 6.07) is 9.19. The summed E-state index contributed by atoms with van der Waals surface area (Å²) in [5.41, 5.74) is -0.192. The van der Waals surface area contributed by atoms with Crippen LogP contribution in [0.15, 0.2) is 42.5 Å². The highest BCUT2D eigenvalue weighted by atomic mass is 19.1. The molecule has 0 atom stereocenters. The van der Waals surface area contributed by atoms with Crippen molar-refractivity contribution < 1.29 is 23.5 Å². The van der Waals surface area contributed by atoms with Gasteiger partial charge in [-0.3, -0.25) is 9.59 Å². The number of hydrogen-bond acceptors (Lipinski definition) is 3. The van der Waals surface area contributed by atoms with Crippen LogP contribution in [0.2, 0.25) is 0 Å². The SMILES string of the molecule is CN(C(=O)C1(C(=O)Cc2ccc(O)c(F)c2)CC1)c1ccc(F)cc1. The van der Waals surface area contributed by atoms with Gasteiger partial charge in [0.1, 0.15) is 11.2 Å². The molecule has 0 radical (unpaired) electrons. The van der Waals surface area contributed by atoms with Crippen LogP contribution in [0.1, 0.15) is 18.4 Å². The molecule has 0 saturated heterocycles. The Hall–Kier alpha value is -2.76. The van der Waals surface area contributed by atoms with Crippen LogP contribution in [-0.2, 0) is 16.0 Å². The summed E-state index contributed by atoms with van der Waals surface area (Å²) < 4.78 is 26.4. The van der Waals surface area contributed by atoms with Gasteiger partial charge < -0.3 is 10.0 Å². The minimum atomic E-state index is -1.10. The molecule has 4 nitrogen and oxygen atoms in total. The van der Waals surface area contributed by atoms with E-state index in [4.69, 9.17) is 0 Å². The Kier molecular flexibility index (Phi) is 4.29. The van der Waals surface area contributed by atoms with E-state index in [9.17, 15) is 23.5 Å². The van der Waals surface area contributed by atoms with Crippen LogP contribution < -0.4 is 4.90 Å². The van der Waals surface area contributed by atoms with Crippen LogP contribution in [-0.4, -0.2) is 23.8 Å². The molecule has 1 fully saturated rings. The summed E-state index contributed by atoms with van der Waals surface area (Å²) in [6.45, 7) is 0.